The van der Waals surface area contributed by atoms with E-state index in [0.717, 1.165) is 5.56 Å². The molecule has 1 N–H and O–H groups in total. The molecule has 0 spiro atoms. The van der Waals surface area contributed by atoms with Crippen molar-refractivity contribution in [2.45, 2.75) is 26.3 Å². The summed E-state index contributed by atoms with van der Waals surface area (Å²) in [5, 5.41) is 2.59. The van der Waals surface area contributed by atoms with Crippen molar-refractivity contribution in [1.29, 1.82) is 0 Å². The van der Waals surface area contributed by atoms with Crippen LogP contribution in [-0.4, -0.2) is 24.5 Å². The summed E-state index contributed by atoms with van der Waals surface area (Å²) in [6.45, 7) is 3.82. The number of amides is 1. The number of alkyl carbamates (subject to hydrolysis) is 1. The third-order valence-corrected chi connectivity index (χ3v) is 2.41. The number of hydrogen-bond acceptors (Lipinski definition) is 3. The summed E-state index contributed by atoms with van der Waals surface area (Å²) in [5.74, 6) is -0.0341. The van der Waals surface area contributed by atoms with Gasteiger partial charge in [-0.15, -0.1) is 0 Å². The average Bonchev–Trinajstić information content (AvgIpc) is 2.37. The molecule has 0 radical (unpaired) electrons. The topological polar surface area (TPSA) is 55.4 Å². The van der Waals surface area contributed by atoms with Crippen LogP contribution in [0.15, 0.2) is 36.4 Å². The zero-order chi connectivity index (χ0) is 14.1. The van der Waals surface area contributed by atoms with Crippen molar-refractivity contribution in [1.82, 2.24) is 5.32 Å². The lowest BCUT2D eigenvalue weighted by atomic mass is 10.1. The number of benzene rings is 1. The van der Waals surface area contributed by atoms with Crippen LogP contribution in [0.5, 0.6) is 0 Å². The molecular weight excluding hydrogens is 242 g/mol. The van der Waals surface area contributed by atoms with Crippen LogP contribution >= 0.6 is 0 Å². The van der Waals surface area contributed by atoms with Gasteiger partial charge in [-0.05, 0) is 25.5 Å². The first-order valence-electron chi connectivity index (χ1n) is 6.31. The summed E-state index contributed by atoms with van der Waals surface area (Å²) in [6.07, 6.45) is 3.05. The Morgan fingerprint density at radius 3 is 2.63 bits per heavy atom. The molecule has 0 aliphatic rings. The number of nitrogens with one attached hydrogen (secondary N) is 1. The third-order valence-electron chi connectivity index (χ3n) is 2.41. The maximum absolute atomic E-state index is 11.7. The molecule has 4 heteroatoms. The molecule has 1 aromatic carbocycles. The molecular formula is C15H19NO3. The van der Waals surface area contributed by atoms with Gasteiger partial charge in [-0.1, -0.05) is 36.4 Å². The van der Waals surface area contributed by atoms with Gasteiger partial charge in [-0.3, -0.25) is 4.79 Å². The second-order valence-corrected chi connectivity index (χ2v) is 4.18. The van der Waals surface area contributed by atoms with E-state index in [0.29, 0.717) is 6.61 Å². The fourth-order valence-corrected chi connectivity index (χ4v) is 1.55. The molecule has 0 aliphatic heterocycles. The predicted molar refractivity (Wildman–Crippen MR) is 74.7 cm³/mol. The van der Waals surface area contributed by atoms with E-state index in [1.807, 2.05) is 30.3 Å². The largest absolute Gasteiger partial charge is 0.450 e. The quantitative estimate of drug-likeness (QED) is 0.801. The van der Waals surface area contributed by atoms with Crippen LogP contribution in [0.2, 0.25) is 0 Å². The molecule has 19 heavy (non-hydrogen) atoms. The highest BCUT2D eigenvalue weighted by Crippen LogP contribution is 2.02. The summed E-state index contributed by atoms with van der Waals surface area (Å²) >= 11 is 0. The van der Waals surface area contributed by atoms with Crippen LogP contribution in [0.1, 0.15) is 25.8 Å². The van der Waals surface area contributed by atoms with Crippen LogP contribution in [0, 0.1) is 0 Å². The standard InChI is InChI=1S/C15H19NO3/c1-3-19-15(18)16-12(2)11-14(17)10-9-13-7-5-4-6-8-13/h4-10,12H,3,11H2,1-2H3,(H,16,18)/b10-9+/t12-/m1/s1. The lowest BCUT2D eigenvalue weighted by Gasteiger charge is -2.11. The van der Waals surface area contributed by atoms with Crippen molar-refractivity contribution >= 4 is 18.0 Å². The van der Waals surface area contributed by atoms with Crippen LogP contribution in [0.3, 0.4) is 0 Å². The third kappa shape index (κ3) is 6.41. The van der Waals surface area contributed by atoms with E-state index in [1.54, 1.807) is 19.9 Å². The van der Waals surface area contributed by atoms with Gasteiger partial charge in [0.25, 0.3) is 0 Å². The minimum atomic E-state index is -0.491. The summed E-state index contributed by atoms with van der Waals surface area (Å²) in [7, 11) is 0. The fourth-order valence-electron chi connectivity index (χ4n) is 1.55. The first-order chi connectivity index (χ1) is 9.11. The Morgan fingerprint density at radius 1 is 1.32 bits per heavy atom. The molecule has 4 nitrogen and oxygen atoms in total. The molecule has 1 rings (SSSR count). The van der Waals surface area contributed by atoms with E-state index in [1.165, 1.54) is 6.08 Å². The van der Waals surface area contributed by atoms with E-state index in [9.17, 15) is 9.59 Å². The number of hydrogen-bond donors (Lipinski definition) is 1. The second-order valence-electron chi connectivity index (χ2n) is 4.18. The monoisotopic (exact) mass is 261 g/mol. The molecule has 0 heterocycles. The highest BCUT2D eigenvalue weighted by atomic mass is 16.5. The Morgan fingerprint density at radius 2 is 2.00 bits per heavy atom. The number of carbonyl (C=O) groups is 2. The molecule has 0 unspecified atom stereocenters. The molecule has 102 valence electrons. The van der Waals surface area contributed by atoms with Gasteiger partial charge < -0.3 is 10.1 Å². The number of ether oxygens (including phenoxy) is 1. The number of ketones is 1. The Balaban J connectivity index is 2.38. The van der Waals surface area contributed by atoms with Gasteiger partial charge in [0.05, 0.1) is 6.61 Å². The number of rotatable bonds is 6. The van der Waals surface area contributed by atoms with E-state index in [4.69, 9.17) is 4.74 Å². The zero-order valence-electron chi connectivity index (χ0n) is 11.3. The number of allylic oxidation sites excluding steroid dienone is 1. The van der Waals surface area contributed by atoms with Crippen molar-refractivity contribution in [3.8, 4) is 0 Å². The molecule has 1 amide bonds. The van der Waals surface area contributed by atoms with Crippen molar-refractivity contribution in [2.24, 2.45) is 0 Å². The van der Waals surface area contributed by atoms with Gasteiger partial charge in [0.2, 0.25) is 0 Å². The van der Waals surface area contributed by atoms with E-state index >= 15 is 0 Å². The molecule has 1 atom stereocenters. The molecule has 0 saturated carbocycles. The van der Waals surface area contributed by atoms with Gasteiger partial charge in [0, 0.05) is 12.5 Å². The van der Waals surface area contributed by atoms with Gasteiger partial charge >= 0.3 is 6.09 Å². The molecule has 1 aromatic rings. The van der Waals surface area contributed by atoms with Crippen molar-refractivity contribution in [2.75, 3.05) is 6.61 Å². The van der Waals surface area contributed by atoms with Crippen LogP contribution in [-0.2, 0) is 9.53 Å². The predicted octanol–water partition coefficient (Wildman–Crippen LogP) is 2.79. The number of carbonyl (C=O) groups excluding carboxylic acids is 2. The highest BCUT2D eigenvalue weighted by Gasteiger charge is 2.10. The SMILES string of the molecule is CCOC(=O)N[C@H](C)CC(=O)/C=C/c1ccccc1. The summed E-state index contributed by atoms with van der Waals surface area (Å²) in [4.78, 5) is 22.8. The Kier molecular flexibility index (Phi) is 6.36. The summed E-state index contributed by atoms with van der Waals surface area (Å²) < 4.78 is 4.74. The minimum Gasteiger partial charge on any atom is -0.450 e. The average molecular weight is 261 g/mol. The lowest BCUT2D eigenvalue weighted by Crippen LogP contribution is -2.34. The first kappa shape index (κ1) is 15.0. The van der Waals surface area contributed by atoms with Crippen molar-refractivity contribution in [3.63, 3.8) is 0 Å². The van der Waals surface area contributed by atoms with Crippen molar-refractivity contribution < 1.29 is 14.3 Å². The Labute approximate surface area is 113 Å². The van der Waals surface area contributed by atoms with Gasteiger partial charge in [0.1, 0.15) is 0 Å². The maximum Gasteiger partial charge on any atom is 0.407 e. The molecule has 0 aromatic heterocycles. The summed E-state index contributed by atoms with van der Waals surface area (Å²) in [6, 6.07) is 9.34. The minimum absolute atomic E-state index is 0.0341. The fraction of sp³-hybridized carbons (Fsp3) is 0.333. The van der Waals surface area contributed by atoms with Gasteiger partial charge in [0.15, 0.2) is 5.78 Å². The van der Waals surface area contributed by atoms with E-state index in [-0.39, 0.29) is 18.2 Å². The lowest BCUT2D eigenvalue weighted by molar-refractivity contribution is -0.114. The maximum atomic E-state index is 11.7. The zero-order valence-corrected chi connectivity index (χ0v) is 11.3. The normalized spacial score (nSPS) is 12.1. The smallest absolute Gasteiger partial charge is 0.407 e. The summed E-state index contributed by atoms with van der Waals surface area (Å²) in [5.41, 5.74) is 0.974. The molecule has 0 aliphatic carbocycles. The van der Waals surface area contributed by atoms with Crippen LogP contribution in [0.4, 0.5) is 4.79 Å². The Bertz CT molecular complexity index is 440. The van der Waals surface area contributed by atoms with Crippen molar-refractivity contribution in [3.05, 3.63) is 42.0 Å². The van der Waals surface area contributed by atoms with Crippen LogP contribution < -0.4 is 5.32 Å². The van der Waals surface area contributed by atoms with E-state index < -0.39 is 6.09 Å². The van der Waals surface area contributed by atoms with E-state index in [2.05, 4.69) is 5.32 Å². The van der Waals surface area contributed by atoms with Gasteiger partial charge in [-0.25, -0.2) is 4.79 Å². The highest BCUT2D eigenvalue weighted by molar-refractivity contribution is 5.94. The Hall–Kier alpha value is -2.10. The molecule has 0 fully saturated rings. The molecule has 0 saturated heterocycles. The van der Waals surface area contributed by atoms with Crippen LogP contribution in [0.25, 0.3) is 6.08 Å². The molecule has 0 bridgehead atoms. The van der Waals surface area contributed by atoms with Gasteiger partial charge in [-0.2, -0.15) is 0 Å². The second kappa shape index (κ2) is 8.08. The first-order valence-corrected chi connectivity index (χ1v) is 6.31.